The van der Waals surface area contributed by atoms with Crippen molar-refractivity contribution in [2.45, 2.75) is 89.1 Å². The molecule has 6 amide bonds. The first-order valence-corrected chi connectivity index (χ1v) is 16.7. The molecule has 11 N–H and O–H groups in total. The van der Waals surface area contributed by atoms with Gasteiger partial charge in [0.2, 0.25) is 35.4 Å². The molecule has 7 atom stereocenters. The van der Waals surface area contributed by atoms with Gasteiger partial charge in [-0.05, 0) is 24.8 Å². The van der Waals surface area contributed by atoms with Crippen LogP contribution in [0.4, 0.5) is 0 Å². The maximum absolute atomic E-state index is 13.4. The Morgan fingerprint density at radius 3 is 2.02 bits per heavy atom. The molecule has 1 aromatic heterocycles. The third-order valence-electron chi connectivity index (χ3n) is 7.90. The molecule has 0 radical (unpaired) electrons. The summed E-state index contributed by atoms with van der Waals surface area (Å²) in [5.41, 5.74) is 12.2. The van der Waals surface area contributed by atoms with Crippen molar-refractivity contribution in [3.05, 3.63) is 54.1 Å². The number of carbonyl (C=O) groups is 7. The van der Waals surface area contributed by atoms with Crippen molar-refractivity contribution in [3.8, 4) is 0 Å². The summed E-state index contributed by atoms with van der Waals surface area (Å²) in [5.74, 6) is -6.15. The summed E-state index contributed by atoms with van der Waals surface area (Å²) in [5, 5.41) is 22.4. The minimum atomic E-state index is -1.34. The van der Waals surface area contributed by atoms with Gasteiger partial charge in [-0.3, -0.25) is 28.8 Å². The summed E-state index contributed by atoms with van der Waals surface area (Å²) >= 11 is 4.01. The molecular formula is C32H47N9O8S. The second-order valence-corrected chi connectivity index (χ2v) is 12.3. The second-order valence-electron chi connectivity index (χ2n) is 11.9. The molecule has 2 rings (SSSR count). The number of carbonyl (C=O) groups excluding carboxylic acids is 6. The van der Waals surface area contributed by atoms with Crippen molar-refractivity contribution in [2.75, 3.05) is 5.75 Å². The van der Waals surface area contributed by atoms with Gasteiger partial charge < -0.3 is 48.1 Å². The summed E-state index contributed by atoms with van der Waals surface area (Å²) in [7, 11) is 0. The van der Waals surface area contributed by atoms with Crippen LogP contribution in [0.5, 0.6) is 0 Å². The van der Waals surface area contributed by atoms with E-state index in [-0.39, 0.29) is 37.4 Å². The van der Waals surface area contributed by atoms with Crippen LogP contribution in [-0.2, 0) is 46.4 Å². The Balaban J connectivity index is 2.20. The molecule has 2 aromatic rings. The average molecular weight is 718 g/mol. The maximum atomic E-state index is 13.4. The fourth-order valence-corrected chi connectivity index (χ4v) is 4.85. The normalized spacial score (nSPS) is 15.1. The minimum Gasteiger partial charge on any atom is -0.480 e. The average Bonchev–Trinajstić information content (AvgIpc) is 3.60. The largest absolute Gasteiger partial charge is 0.480 e. The molecule has 0 saturated heterocycles. The minimum absolute atomic E-state index is 0.0128. The molecule has 0 aliphatic rings. The lowest BCUT2D eigenvalue weighted by atomic mass is 9.97. The molecule has 0 aliphatic heterocycles. The van der Waals surface area contributed by atoms with E-state index >= 15 is 0 Å². The zero-order valence-electron chi connectivity index (χ0n) is 28.2. The van der Waals surface area contributed by atoms with Crippen molar-refractivity contribution in [2.24, 2.45) is 17.4 Å². The van der Waals surface area contributed by atoms with Crippen LogP contribution in [0.1, 0.15) is 51.3 Å². The smallest absolute Gasteiger partial charge is 0.326 e. The molecule has 274 valence electrons. The number of nitrogens with one attached hydrogen (secondary N) is 6. The molecule has 0 bridgehead atoms. The first-order valence-electron chi connectivity index (χ1n) is 16.1. The van der Waals surface area contributed by atoms with Crippen LogP contribution in [0.15, 0.2) is 42.9 Å². The number of hydrogen-bond donors (Lipinski definition) is 10. The third-order valence-corrected chi connectivity index (χ3v) is 8.29. The molecule has 1 aromatic carbocycles. The number of nitrogens with zero attached hydrogens (tertiary/aromatic N) is 1. The van der Waals surface area contributed by atoms with E-state index in [2.05, 4.69) is 49.2 Å². The summed E-state index contributed by atoms with van der Waals surface area (Å²) in [6.45, 7) is 4.86. The van der Waals surface area contributed by atoms with Crippen molar-refractivity contribution in [1.82, 2.24) is 36.6 Å². The fourth-order valence-electron chi connectivity index (χ4n) is 4.69. The number of imidazole rings is 1. The lowest BCUT2D eigenvalue weighted by Crippen LogP contribution is -2.60. The van der Waals surface area contributed by atoms with E-state index in [1.54, 1.807) is 44.2 Å². The number of H-pyrrole nitrogens is 1. The molecule has 0 saturated carbocycles. The van der Waals surface area contributed by atoms with Gasteiger partial charge in [-0.15, -0.1) is 0 Å². The topological polar surface area (TPSA) is 281 Å². The van der Waals surface area contributed by atoms with Crippen LogP contribution in [0.3, 0.4) is 0 Å². The van der Waals surface area contributed by atoms with E-state index in [0.717, 1.165) is 0 Å². The third kappa shape index (κ3) is 13.5. The van der Waals surface area contributed by atoms with Crippen LogP contribution >= 0.6 is 12.6 Å². The van der Waals surface area contributed by atoms with Crippen LogP contribution < -0.4 is 38.1 Å². The number of aliphatic carboxylic acids is 1. The van der Waals surface area contributed by atoms with E-state index in [4.69, 9.17) is 11.5 Å². The lowest BCUT2D eigenvalue weighted by Gasteiger charge is -2.28. The van der Waals surface area contributed by atoms with Crippen molar-refractivity contribution in [1.29, 1.82) is 0 Å². The predicted octanol–water partition coefficient (Wildman–Crippen LogP) is -1.71. The van der Waals surface area contributed by atoms with Crippen molar-refractivity contribution >= 4 is 54.0 Å². The Bertz CT molecular complexity index is 1460. The van der Waals surface area contributed by atoms with Gasteiger partial charge in [0.1, 0.15) is 30.2 Å². The van der Waals surface area contributed by atoms with Crippen molar-refractivity contribution in [3.63, 3.8) is 0 Å². The molecule has 18 heteroatoms. The number of aromatic nitrogens is 2. The second kappa shape index (κ2) is 20.5. The number of amides is 6. The van der Waals surface area contributed by atoms with E-state index < -0.39 is 77.7 Å². The monoisotopic (exact) mass is 717 g/mol. The predicted molar refractivity (Wildman–Crippen MR) is 185 cm³/mol. The van der Waals surface area contributed by atoms with Crippen LogP contribution in [0, 0.1) is 5.92 Å². The molecule has 0 aliphatic carbocycles. The van der Waals surface area contributed by atoms with E-state index in [0.29, 0.717) is 17.7 Å². The van der Waals surface area contributed by atoms with E-state index in [1.807, 2.05) is 0 Å². The number of carboxylic acid groups (broad SMARTS) is 1. The highest BCUT2D eigenvalue weighted by Crippen LogP contribution is 2.11. The number of aromatic amines is 1. The molecule has 0 spiro atoms. The quantitative estimate of drug-likeness (QED) is 0.0653. The van der Waals surface area contributed by atoms with Gasteiger partial charge in [0.25, 0.3) is 0 Å². The Labute approximate surface area is 295 Å². The standard InChI is InChI=1S/C32H47N9O8S/c1-4-17(2)26(41-28(44)21(33)15-50)31(47)38-22(10-11-25(34)42)29(45)37-18(3)27(43)39-23(13-20-14-35-16-36-20)30(46)40-24(32(48)49)12-19-8-6-5-7-9-19/h5-9,14,16-18,21-24,26,50H,4,10-13,15,33H2,1-3H3,(H2,34,42)(H,35,36)(H,37,45)(H,38,47)(H,39,43)(H,40,46)(H,41,44)(H,48,49)/t17-,18-,21-,22-,23-,24-,26-/m0/s1. The SMILES string of the molecule is CC[C@H](C)[C@H](NC(=O)[C@@H](N)CS)C(=O)N[C@@H](CCC(N)=O)C(=O)N[C@@H](C)C(=O)N[C@@H](Cc1cnc[nH]1)C(=O)N[C@@H](Cc1ccccc1)C(=O)O. The summed E-state index contributed by atoms with van der Waals surface area (Å²) in [4.78, 5) is 96.2. The molecular weight excluding hydrogens is 670 g/mol. The van der Waals surface area contributed by atoms with Crippen molar-refractivity contribution < 1.29 is 38.7 Å². The summed E-state index contributed by atoms with van der Waals surface area (Å²) in [6.07, 6.45) is 2.68. The first-order chi connectivity index (χ1) is 23.7. The highest BCUT2D eigenvalue weighted by Gasteiger charge is 2.33. The number of thiol groups is 1. The molecule has 0 fully saturated rings. The number of hydrogen-bond acceptors (Lipinski definition) is 10. The summed E-state index contributed by atoms with van der Waals surface area (Å²) in [6, 6.07) is 1.41. The maximum Gasteiger partial charge on any atom is 0.326 e. The van der Waals surface area contributed by atoms with Gasteiger partial charge in [-0.1, -0.05) is 50.6 Å². The van der Waals surface area contributed by atoms with E-state index in [1.165, 1.54) is 19.4 Å². The van der Waals surface area contributed by atoms with Gasteiger partial charge in [0, 0.05) is 36.9 Å². The van der Waals surface area contributed by atoms with Crippen LogP contribution in [-0.4, -0.2) is 98.5 Å². The van der Waals surface area contributed by atoms with Gasteiger partial charge >= 0.3 is 5.97 Å². The number of nitrogens with two attached hydrogens (primary N) is 2. The Kier molecular flexibility index (Phi) is 16.9. The highest BCUT2D eigenvalue weighted by molar-refractivity contribution is 7.80. The molecule has 0 unspecified atom stereocenters. The highest BCUT2D eigenvalue weighted by atomic mass is 32.1. The van der Waals surface area contributed by atoms with Gasteiger partial charge in [0.05, 0.1) is 12.4 Å². The van der Waals surface area contributed by atoms with Gasteiger partial charge in [-0.2, -0.15) is 12.6 Å². The van der Waals surface area contributed by atoms with Gasteiger partial charge in [0.15, 0.2) is 0 Å². The number of carboxylic acids is 1. The van der Waals surface area contributed by atoms with Crippen LogP contribution in [0.2, 0.25) is 0 Å². The zero-order valence-corrected chi connectivity index (χ0v) is 29.1. The molecule has 50 heavy (non-hydrogen) atoms. The summed E-state index contributed by atoms with van der Waals surface area (Å²) < 4.78 is 0. The number of primary amides is 1. The van der Waals surface area contributed by atoms with Crippen LogP contribution in [0.25, 0.3) is 0 Å². The Hall–Kier alpha value is -4.97. The molecule has 1 heterocycles. The lowest BCUT2D eigenvalue weighted by molar-refractivity contribution is -0.142. The Morgan fingerprint density at radius 1 is 0.840 bits per heavy atom. The zero-order chi connectivity index (χ0) is 37.4. The Morgan fingerprint density at radius 2 is 1.46 bits per heavy atom. The van der Waals surface area contributed by atoms with E-state index in [9.17, 15) is 38.7 Å². The number of rotatable bonds is 21. The fraction of sp³-hybridized carbons (Fsp3) is 0.500. The first kappa shape index (κ1) is 41.2. The number of benzene rings is 1. The van der Waals surface area contributed by atoms with Gasteiger partial charge in [-0.25, -0.2) is 9.78 Å². The molecule has 17 nitrogen and oxygen atoms in total.